The molecule has 3 aliphatic rings. The number of carbonyl (C=O) groups is 2. The fourth-order valence-electron chi connectivity index (χ4n) is 3.48. The van der Waals surface area contributed by atoms with Crippen molar-refractivity contribution in [3.8, 4) is 0 Å². The Morgan fingerprint density at radius 2 is 2.11 bits per heavy atom. The Balaban J connectivity index is 1.49. The minimum atomic E-state index is -0.261. The van der Waals surface area contributed by atoms with E-state index in [4.69, 9.17) is 5.73 Å². The molecule has 2 saturated heterocycles. The van der Waals surface area contributed by atoms with Gasteiger partial charge < -0.3 is 16.4 Å². The van der Waals surface area contributed by atoms with Crippen LogP contribution in [0.25, 0.3) is 0 Å². The Labute approximate surface area is 107 Å². The molecule has 3 unspecified atom stereocenters. The van der Waals surface area contributed by atoms with Crippen molar-refractivity contribution in [1.29, 1.82) is 0 Å². The van der Waals surface area contributed by atoms with Crippen LogP contribution in [0.2, 0.25) is 0 Å². The molecule has 3 rings (SSSR count). The Kier molecular flexibility index (Phi) is 2.81. The normalized spacial score (nSPS) is 35.4. The summed E-state index contributed by atoms with van der Waals surface area (Å²) in [6.07, 6.45) is 5.72. The first kappa shape index (κ1) is 12.0. The molecule has 0 aromatic heterocycles. The first-order chi connectivity index (χ1) is 8.58. The molecule has 4 N–H and O–H groups in total. The summed E-state index contributed by atoms with van der Waals surface area (Å²) in [6.45, 7) is 0.614. The van der Waals surface area contributed by atoms with Gasteiger partial charge in [0.25, 0.3) is 0 Å². The van der Waals surface area contributed by atoms with Crippen molar-refractivity contribution < 1.29 is 9.59 Å². The van der Waals surface area contributed by atoms with Crippen LogP contribution in [0, 0.1) is 11.3 Å². The molecular formula is C13H21N3O2. The number of rotatable bonds is 5. The summed E-state index contributed by atoms with van der Waals surface area (Å²) in [7, 11) is 0. The number of hydrogen-bond donors (Lipinski definition) is 3. The van der Waals surface area contributed by atoms with Gasteiger partial charge in [0.15, 0.2) is 0 Å². The fourth-order valence-corrected chi connectivity index (χ4v) is 3.48. The molecule has 0 spiro atoms. The van der Waals surface area contributed by atoms with Crippen molar-refractivity contribution in [3.63, 3.8) is 0 Å². The SMILES string of the molecule is NC(=O)CC1(CNC(=O)C2CC3CCC2N3)CC1. The highest BCUT2D eigenvalue weighted by molar-refractivity contribution is 5.80. The molecule has 0 radical (unpaired) electrons. The average molecular weight is 251 g/mol. The van der Waals surface area contributed by atoms with Crippen molar-refractivity contribution >= 4 is 11.8 Å². The molecule has 1 aliphatic carbocycles. The zero-order chi connectivity index (χ0) is 12.8. The molecule has 3 atom stereocenters. The number of hydrogen-bond acceptors (Lipinski definition) is 3. The molecule has 1 saturated carbocycles. The second kappa shape index (κ2) is 4.23. The van der Waals surface area contributed by atoms with Gasteiger partial charge in [0.05, 0.1) is 5.92 Å². The number of primary amides is 1. The van der Waals surface area contributed by atoms with E-state index in [0.717, 1.165) is 25.7 Å². The third-order valence-electron chi connectivity index (χ3n) is 4.78. The number of nitrogens with one attached hydrogen (secondary N) is 2. The number of amides is 2. The monoisotopic (exact) mass is 251 g/mol. The summed E-state index contributed by atoms with van der Waals surface area (Å²) >= 11 is 0. The lowest BCUT2D eigenvalue weighted by Crippen LogP contribution is -2.40. The summed E-state index contributed by atoms with van der Waals surface area (Å²) in [4.78, 5) is 23.1. The maximum Gasteiger partial charge on any atom is 0.224 e. The second-order valence-corrected chi connectivity index (χ2v) is 6.25. The van der Waals surface area contributed by atoms with Crippen molar-refractivity contribution in [2.75, 3.05) is 6.54 Å². The van der Waals surface area contributed by atoms with E-state index in [1.807, 2.05) is 0 Å². The highest BCUT2D eigenvalue weighted by Crippen LogP contribution is 2.48. The summed E-state index contributed by atoms with van der Waals surface area (Å²) < 4.78 is 0. The fraction of sp³-hybridized carbons (Fsp3) is 0.846. The molecular weight excluding hydrogens is 230 g/mol. The van der Waals surface area contributed by atoms with E-state index in [0.29, 0.717) is 25.0 Å². The quantitative estimate of drug-likeness (QED) is 0.638. The van der Waals surface area contributed by atoms with Crippen LogP contribution in [-0.4, -0.2) is 30.4 Å². The van der Waals surface area contributed by atoms with Crippen molar-refractivity contribution in [1.82, 2.24) is 10.6 Å². The summed E-state index contributed by atoms with van der Waals surface area (Å²) in [5.41, 5.74) is 5.21. The van der Waals surface area contributed by atoms with Crippen LogP contribution in [0.4, 0.5) is 0 Å². The third-order valence-corrected chi connectivity index (χ3v) is 4.78. The molecule has 100 valence electrons. The zero-order valence-corrected chi connectivity index (χ0v) is 10.6. The van der Waals surface area contributed by atoms with Gasteiger partial charge in [0, 0.05) is 25.0 Å². The van der Waals surface area contributed by atoms with Crippen LogP contribution in [0.1, 0.15) is 38.5 Å². The predicted molar refractivity (Wildman–Crippen MR) is 66.5 cm³/mol. The van der Waals surface area contributed by atoms with Crippen LogP contribution in [0.5, 0.6) is 0 Å². The summed E-state index contributed by atoms with van der Waals surface area (Å²) in [6, 6.07) is 0.924. The van der Waals surface area contributed by atoms with Crippen LogP contribution in [0.15, 0.2) is 0 Å². The molecule has 2 bridgehead atoms. The van der Waals surface area contributed by atoms with Gasteiger partial charge in [-0.2, -0.15) is 0 Å². The predicted octanol–water partition coefficient (Wildman–Crippen LogP) is -0.101. The van der Waals surface area contributed by atoms with E-state index >= 15 is 0 Å². The van der Waals surface area contributed by atoms with Gasteiger partial charge in [-0.15, -0.1) is 0 Å². The summed E-state index contributed by atoms with van der Waals surface area (Å²) in [5, 5.41) is 6.50. The highest BCUT2D eigenvalue weighted by atomic mass is 16.2. The summed E-state index contributed by atoms with van der Waals surface area (Å²) in [5.74, 6) is 0.0295. The van der Waals surface area contributed by atoms with Crippen molar-refractivity contribution in [2.24, 2.45) is 17.1 Å². The molecule has 2 heterocycles. The number of carbonyl (C=O) groups excluding carboxylic acids is 2. The lowest BCUT2D eigenvalue weighted by molar-refractivity contribution is -0.126. The van der Waals surface area contributed by atoms with Gasteiger partial charge in [-0.3, -0.25) is 9.59 Å². The lowest BCUT2D eigenvalue weighted by atomic mass is 9.88. The zero-order valence-electron chi connectivity index (χ0n) is 10.6. The maximum absolute atomic E-state index is 12.1. The van der Waals surface area contributed by atoms with Crippen LogP contribution >= 0.6 is 0 Å². The number of nitrogens with two attached hydrogens (primary N) is 1. The van der Waals surface area contributed by atoms with Gasteiger partial charge >= 0.3 is 0 Å². The van der Waals surface area contributed by atoms with E-state index in [1.165, 1.54) is 6.42 Å². The Morgan fingerprint density at radius 3 is 2.61 bits per heavy atom. The van der Waals surface area contributed by atoms with E-state index in [2.05, 4.69) is 10.6 Å². The standard InChI is InChI=1S/C13H21N3O2/c14-11(17)6-13(3-4-13)7-15-12(18)9-5-8-1-2-10(9)16-8/h8-10,16H,1-7H2,(H2,14,17)(H,15,18). The Morgan fingerprint density at radius 1 is 1.33 bits per heavy atom. The Bertz CT molecular complexity index is 378. The second-order valence-electron chi connectivity index (χ2n) is 6.25. The van der Waals surface area contributed by atoms with Gasteiger partial charge in [-0.1, -0.05) is 0 Å². The van der Waals surface area contributed by atoms with Crippen molar-refractivity contribution in [2.45, 2.75) is 50.6 Å². The molecule has 18 heavy (non-hydrogen) atoms. The van der Waals surface area contributed by atoms with E-state index in [1.54, 1.807) is 0 Å². The molecule has 5 heteroatoms. The van der Waals surface area contributed by atoms with Gasteiger partial charge in [-0.25, -0.2) is 0 Å². The topological polar surface area (TPSA) is 84.2 Å². The Hall–Kier alpha value is -1.10. The third kappa shape index (κ3) is 2.23. The van der Waals surface area contributed by atoms with Gasteiger partial charge in [0.1, 0.15) is 0 Å². The molecule has 2 aliphatic heterocycles. The maximum atomic E-state index is 12.1. The molecule has 5 nitrogen and oxygen atoms in total. The lowest BCUT2D eigenvalue weighted by Gasteiger charge is -2.21. The van der Waals surface area contributed by atoms with Crippen LogP contribution < -0.4 is 16.4 Å². The molecule has 3 fully saturated rings. The average Bonchev–Trinajstić information content (AvgIpc) is 2.77. The molecule has 0 aromatic rings. The first-order valence-electron chi connectivity index (χ1n) is 6.90. The van der Waals surface area contributed by atoms with Crippen LogP contribution in [0.3, 0.4) is 0 Å². The van der Waals surface area contributed by atoms with E-state index in [-0.39, 0.29) is 23.1 Å². The van der Waals surface area contributed by atoms with Gasteiger partial charge in [-0.05, 0) is 37.5 Å². The smallest absolute Gasteiger partial charge is 0.224 e. The van der Waals surface area contributed by atoms with E-state index < -0.39 is 0 Å². The highest BCUT2D eigenvalue weighted by Gasteiger charge is 2.46. The number of fused-ring (bicyclic) bond motifs is 2. The van der Waals surface area contributed by atoms with Crippen molar-refractivity contribution in [3.05, 3.63) is 0 Å². The van der Waals surface area contributed by atoms with Gasteiger partial charge in [0.2, 0.25) is 11.8 Å². The molecule has 0 aromatic carbocycles. The first-order valence-corrected chi connectivity index (χ1v) is 6.90. The minimum Gasteiger partial charge on any atom is -0.370 e. The largest absolute Gasteiger partial charge is 0.370 e. The molecule has 2 amide bonds. The van der Waals surface area contributed by atoms with E-state index in [9.17, 15) is 9.59 Å². The minimum absolute atomic E-state index is 0.0213. The van der Waals surface area contributed by atoms with Crippen LogP contribution in [-0.2, 0) is 9.59 Å².